The van der Waals surface area contributed by atoms with Crippen LogP contribution < -0.4 is 0 Å². The molecule has 1 heterocycles. The van der Waals surface area contributed by atoms with Crippen molar-refractivity contribution in [2.24, 2.45) is 0 Å². The Labute approximate surface area is 149 Å². The van der Waals surface area contributed by atoms with Crippen molar-refractivity contribution in [3.8, 4) is 0 Å². The van der Waals surface area contributed by atoms with Crippen LogP contribution >= 0.6 is 0 Å². The Morgan fingerprint density at radius 1 is 0.960 bits per heavy atom. The molecule has 0 N–H and O–H groups in total. The van der Waals surface area contributed by atoms with E-state index in [0.29, 0.717) is 0 Å². The summed E-state index contributed by atoms with van der Waals surface area (Å²) in [5.74, 6) is 0. The van der Waals surface area contributed by atoms with Gasteiger partial charge in [-0.25, -0.2) is 4.98 Å². The summed E-state index contributed by atoms with van der Waals surface area (Å²) in [6.45, 7) is 9.98. The minimum atomic E-state index is -0.556. The molecular weight excluding hydrogens is 304 g/mol. The first-order valence-corrected chi connectivity index (χ1v) is 8.31. The summed E-state index contributed by atoms with van der Waals surface area (Å²) in [7, 11) is 0. The monoisotopic (exact) mass is 326 g/mol. The number of allylic oxidation sites excluding steroid dienone is 4. The second kappa shape index (κ2) is 7.18. The van der Waals surface area contributed by atoms with Gasteiger partial charge in [0.25, 0.3) is 0 Å². The van der Waals surface area contributed by atoms with E-state index in [1.54, 1.807) is 6.08 Å². The smallest absolute Gasteiger partial charge is 0.121 e. The third-order valence-electron chi connectivity index (χ3n) is 4.42. The summed E-state index contributed by atoms with van der Waals surface area (Å²) in [4.78, 5) is 4.49. The summed E-state index contributed by atoms with van der Waals surface area (Å²) >= 11 is 0. The quantitative estimate of drug-likeness (QED) is 0.563. The third kappa shape index (κ3) is 2.87. The molecule has 3 rings (SSSR count). The first-order valence-electron chi connectivity index (χ1n) is 8.31. The van der Waals surface area contributed by atoms with E-state index in [9.17, 15) is 0 Å². The van der Waals surface area contributed by atoms with Gasteiger partial charge in [-0.2, -0.15) is 0 Å². The molecule has 0 aliphatic carbocycles. The van der Waals surface area contributed by atoms with Gasteiger partial charge in [0.15, 0.2) is 0 Å². The highest BCUT2D eigenvalue weighted by Gasteiger charge is 2.38. The molecule has 2 nitrogen and oxygen atoms in total. The molecule has 0 amide bonds. The maximum Gasteiger partial charge on any atom is 0.121 e. The van der Waals surface area contributed by atoms with E-state index in [2.05, 4.69) is 77.4 Å². The van der Waals surface area contributed by atoms with Crippen LogP contribution in [0.25, 0.3) is 0 Å². The maximum atomic E-state index is 4.49. The van der Waals surface area contributed by atoms with Crippen LogP contribution in [0.2, 0.25) is 0 Å². The molecule has 1 aromatic heterocycles. The normalized spacial score (nSPS) is 12.0. The summed E-state index contributed by atoms with van der Waals surface area (Å²) in [6.07, 6.45) is 9.68. The van der Waals surface area contributed by atoms with Crippen LogP contribution in [-0.4, -0.2) is 9.55 Å². The van der Waals surface area contributed by atoms with Crippen LogP contribution in [0.4, 0.5) is 0 Å². The van der Waals surface area contributed by atoms with Crippen molar-refractivity contribution in [1.29, 1.82) is 0 Å². The highest BCUT2D eigenvalue weighted by Crippen LogP contribution is 2.41. The minimum Gasteiger partial charge on any atom is -0.319 e. The summed E-state index contributed by atoms with van der Waals surface area (Å²) in [6, 6.07) is 20.9. The van der Waals surface area contributed by atoms with Gasteiger partial charge in [-0.3, -0.25) is 0 Å². The van der Waals surface area contributed by atoms with E-state index in [0.717, 1.165) is 22.4 Å². The molecule has 2 aromatic carbocycles. The number of aryl methyl sites for hydroxylation is 1. The molecule has 0 aliphatic rings. The predicted octanol–water partition coefficient (Wildman–Crippen LogP) is 5.28. The Morgan fingerprint density at radius 3 is 1.92 bits per heavy atom. The van der Waals surface area contributed by atoms with Crippen molar-refractivity contribution in [1.82, 2.24) is 9.55 Å². The summed E-state index contributed by atoms with van der Waals surface area (Å²) < 4.78 is 2.16. The van der Waals surface area contributed by atoms with Crippen LogP contribution in [0.1, 0.15) is 16.8 Å². The van der Waals surface area contributed by atoms with Crippen molar-refractivity contribution < 1.29 is 0 Å². The van der Waals surface area contributed by atoms with Gasteiger partial charge in [-0.15, -0.1) is 0 Å². The highest BCUT2D eigenvalue weighted by atomic mass is 15.1. The van der Waals surface area contributed by atoms with Gasteiger partial charge in [0, 0.05) is 6.20 Å². The lowest BCUT2D eigenvalue weighted by Crippen LogP contribution is -2.37. The van der Waals surface area contributed by atoms with Crippen LogP contribution in [0.15, 0.2) is 110 Å². The average molecular weight is 326 g/mol. The molecule has 25 heavy (non-hydrogen) atoms. The zero-order chi connectivity index (χ0) is 17.7. The fraction of sp³-hybridized carbons (Fsp3) is 0.0870. The first kappa shape index (κ1) is 16.7. The fourth-order valence-corrected chi connectivity index (χ4v) is 3.37. The number of imidazole rings is 1. The maximum absolute atomic E-state index is 4.49. The Balaban J connectivity index is 2.45. The number of rotatable bonds is 6. The van der Waals surface area contributed by atoms with Gasteiger partial charge in [-0.1, -0.05) is 92.0 Å². The SMILES string of the molecule is C=C/C=C(\C=C)C(c1ccccc1)(c1ccccc1)n1cnc(C)c1. The zero-order valence-electron chi connectivity index (χ0n) is 14.5. The number of aromatic nitrogens is 2. The topological polar surface area (TPSA) is 17.8 Å². The number of hydrogen-bond donors (Lipinski definition) is 0. The molecule has 3 aromatic rings. The van der Waals surface area contributed by atoms with Gasteiger partial charge in [0.1, 0.15) is 5.54 Å². The van der Waals surface area contributed by atoms with Crippen molar-refractivity contribution in [2.75, 3.05) is 0 Å². The number of nitrogens with zero attached hydrogens (tertiary/aromatic N) is 2. The molecule has 0 atom stereocenters. The molecule has 0 fully saturated rings. The average Bonchev–Trinajstić information content (AvgIpc) is 3.10. The van der Waals surface area contributed by atoms with Crippen molar-refractivity contribution in [3.05, 3.63) is 127 Å². The van der Waals surface area contributed by atoms with E-state index in [1.165, 1.54) is 0 Å². The summed E-state index contributed by atoms with van der Waals surface area (Å²) in [5, 5.41) is 0. The second-order valence-corrected chi connectivity index (χ2v) is 5.93. The van der Waals surface area contributed by atoms with Crippen LogP contribution in [0, 0.1) is 6.92 Å². The minimum absolute atomic E-state index is 0.556. The highest BCUT2D eigenvalue weighted by molar-refractivity contribution is 5.53. The molecule has 2 heteroatoms. The van der Waals surface area contributed by atoms with Gasteiger partial charge in [0.05, 0.1) is 12.0 Å². The molecule has 0 radical (unpaired) electrons. The fourth-order valence-electron chi connectivity index (χ4n) is 3.37. The molecule has 0 saturated carbocycles. The van der Waals surface area contributed by atoms with E-state index in [-0.39, 0.29) is 0 Å². The molecule has 124 valence electrons. The lowest BCUT2D eigenvalue weighted by atomic mass is 9.76. The van der Waals surface area contributed by atoms with Crippen molar-refractivity contribution in [2.45, 2.75) is 12.5 Å². The molecule has 0 bridgehead atoms. The Hall–Kier alpha value is -3.13. The third-order valence-corrected chi connectivity index (χ3v) is 4.42. The Kier molecular flexibility index (Phi) is 4.80. The van der Waals surface area contributed by atoms with E-state index in [1.807, 2.05) is 37.5 Å². The predicted molar refractivity (Wildman–Crippen MR) is 105 cm³/mol. The molecule has 0 unspecified atom stereocenters. The van der Waals surface area contributed by atoms with Crippen molar-refractivity contribution >= 4 is 0 Å². The van der Waals surface area contributed by atoms with Gasteiger partial charge < -0.3 is 4.57 Å². The molecular formula is C23H22N2. The van der Waals surface area contributed by atoms with Crippen LogP contribution in [0.5, 0.6) is 0 Å². The van der Waals surface area contributed by atoms with E-state index < -0.39 is 5.54 Å². The van der Waals surface area contributed by atoms with Crippen molar-refractivity contribution in [3.63, 3.8) is 0 Å². The molecule has 0 spiro atoms. The van der Waals surface area contributed by atoms with Gasteiger partial charge in [0.2, 0.25) is 0 Å². The Bertz CT molecular complexity index is 847. The molecule has 0 saturated heterocycles. The van der Waals surface area contributed by atoms with Gasteiger partial charge >= 0.3 is 0 Å². The zero-order valence-corrected chi connectivity index (χ0v) is 14.5. The lowest BCUT2D eigenvalue weighted by molar-refractivity contribution is 0.513. The van der Waals surface area contributed by atoms with Crippen LogP contribution in [0.3, 0.4) is 0 Å². The van der Waals surface area contributed by atoms with E-state index in [4.69, 9.17) is 0 Å². The largest absolute Gasteiger partial charge is 0.319 e. The Morgan fingerprint density at radius 2 is 1.52 bits per heavy atom. The van der Waals surface area contributed by atoms with E-state index >= 15 is 0 Å². The number of benzene rings is 2. The second-order valence-electron chi connectivity index (χ2n) is 5.93. The summed E-state index contributed by atoms with van der Waals surface area (Å²) in [5.41, 5.74) is 3.74. The first-order chi connectivity index (χ1) is 12.2. The standard InChI is InChI=1S/C23H22N2/c1-4-12-20(5-2)23(21-13-8-6-9-14-21,22-15-10-7-11-16-22)25-17-19(3)24-18-25/h4-18H,1-2H2,3H3/b20-12+. The lowest BCUT2D eigenvalue weighted by Gasteiger charge is -2.38. The molecule has 0 aliphatic heterocycles. The van der Waals surface area contributed by atoms with Crippen LogP contribution in [-0.2, 0) is 5.54 Å². The number of hydrogen-bond acceptors (Lipinski definition) is 1. The van der Waals surface area contributed by atoms with Gasteiger partial charge in [-0.05, 0) is 23.6 Å².